The smallest absolute Gasteiger partial charge is 0.215 e. The van der Waals surface area contributed by atoms with E-state index in [2.05, 4.69) is 10.3 Å². The largest absolute Gasteiger partial charge is 0.447 e. The molecule has 1 aromatic heterocycles. The normalized spacial score (nSPS) is 9.44. The van der Waals surface area contributed by atoms with Gasteiger partial charge in [-0.3, -0.25) is 10.3 Å². The summed E-state index contributed by atoms with van der Waals surface area (Å²) in [7, 11) is 1.51. The molecule has 0 atom stereocenters. The molecule has 0 radical (unpaired) electrons. The number of anilines is 2. The molecule has 50 valence electrons. The Balaban J connectivity index is 2.69. The van der Waals surface area contributed by atoms with Crippen molar-refractivity contribution in [3.63, 3.8) is 0 Å². The van der Waals surface area contributed by atoms with Gasteiger partial charge in [0.05, 0.1) is 13.4 Å². The molecule has 0 saturated heterocycles. The highest BCUT2D eigenvalue weighted by atomic mass is 16.6. The van der Waals surface area contributed by atoms with Crippen LogP contribution >= 0.6 is 0 Å². The van der Waals surface area contributed by atoms with Crippen molar-refractivity contribution < 1.29 is 9.25 Å². The Morgan fingerprint density at radius 1 is 1.78 bits per heavy atom. The number of nitrogen functional groups attached to an aromatic ring is 1. The van der Waals surface area contributed by atoms with Crippen LogP contribution in [-0.4, -0.2) is 7.11 Å². The Morgan fingerprint density at radius 3 is 3.00 bits per heavy atom. The van der Waals surface area contributed by atoms with Gasteiger partial charge in [-0.1, -0.05) is 0 Å². The van der Waals surface area contributed by atoms with Crippen molar-refractivity contribution in [2.75, 3.05) is 18.3 Å². The zero-order chi connectivity index (χ0) is 6.69. The van der Waals surface area contributed by atoms with Crippen LogP contribution in [0.3, 0.4) is 0 Å². The van der Waals surface area contributed by atoms with Gasteiger partial charge in [-0.05, 0) is 0 Å². The predicted octanol–water partition coefficient (Wildman–Crippen LogP) is 0.835. The highest BCUT2D eigenvalue weighted by Crippen LogP contribution is 2.17. The third kappa shape index (κ3) is 1.14. The maximum absolute atomic E-state index is 5.32. The Kier molecular flexibility index (Phi) is 1.60. The van der Waals surface area contributed by atoms with Crippen LogP contribution in [0.15, 0.2) is 16.7 Å². The summed E-state index contributed by atoms with van der Waals surface area (Å²) < 4.78 is 4.75. The molecule has 0 amide bonds. The molecule has 1 rings (SSSR count). The fourth-order valence-corrected chi connectivity index (χ4v) is 0.515. The van der Waals surface area contributed by atoms with Gasteiger partial charge in [-0.15, -0.1) is 0 Å². The van der Waals surface area contributed by atoms with Crippen LogP contribution in [0.1, 0.15) is 0 Å². The SMILES string of the molecule is CONc1ccoc1N. The van der Waals surface area contributed by atoms with Crippen LogP contribution < -0.4 is 11.2 Å². The number of furan rings is 1. The summed E-state index contributed by atoms with van der Waals surface area (Å²) in [6, 6.07) is 1.68. The topological polar surface area (TPSA) is 60.4 Å². The molecular formula is C5H8N2O2. The average molecular weight is 128 g/mol. The lowest BCUT2D eigenvalue weighted by Crippen LogP contribution is -1.96. The Bertz CT molecular complexity index is 185. The van der Waals surface area contributed by atoms with E-state index < -0.39 is 0 Å². The number of rotatable bonds is 2. The van der Waals surface area contributed by atoms with Crippen LogP contribution in [0.5, 0.6) is 0 Å². The summed E-state index contributed by atoms with van der Waals surface area (Å²) in [6.45, 7) is 0. The number of hydrogen-bond acceptors (Lipinski definition) is 4. The van der Waals surface area contributed by atoms with Gasteiger partial charge in [0.2, 0.25) is 5.88 Å². The van der Waals surface area contributed by atoms with Gasteiger partial charge in [0, 0.05) is 6.07 Å². The minimum absolute atomic E-state index is 0.330. The molecule has 0 saturated carbocycles. The fraction of sp³-hybridized carbons (Fsp3) is 0.200. The van der Waals surface area contributed by atoms with E-state index in [9.17, 15) is 0 Å². The van der Waals surface area contributed by atoms with Gasteiger partial charge in [-0.25, -0.2) is 0 Å². The van der Waals surface area contributed by atoms with Gasteiger partial charge in [-0.2, -0.15) is 0 Å². The van der Waals surface area contributed by atoms with Crippen molar-refractivity contribution in [3.8, 4) is 0 Å². The zero-order valence-corrected chi connectivity index (χ0v) is 5.05. The first-order valence-electron chi connectivity index (χ1n) is 2.46. The van der Waals surface area contributed by atoms with Crippen molar-refractivity contribution in [2.45, 2.75) is 0 Å². The molecule has 0 bridgehead atoms. The first-order valence-corrected chi connectivity index (χ1v) is 2.46. The third-order valence-corrected chi connectivity index (χ3v) is 0.907. The van der Waals surface area contributed by atoms with Crippen molar-refractivity contribution in [1.29, 1.82) is 0 Å². The molecule has 0 aliphatic carbocycles. The van der Waals surface area contributed by atoms with Gasteiger partial charge in [0.1, 0.15) is 5.69 Å². The maximum Gasteiger partial charge on any atom is 0.215 e. The number of nitrogens with one attached hydrogen (secondary N) is 1. The Morgan fingerprint density at radius 2 is 2.56 bits per heavy atom. The van der Waals surface area contributed by atoms with Gasteiger partial charge >= 0.3 is 0 Å². The highest BCUT2D eigenvalue weighted by molar-refractivity contribution is 5.57. The first kappa shape index (κ1) is 5.97. The quantitative estimate of drug-likeness (QED) is 0.579. The van der Waals surface area contributed by atoms with E-state index in [0.29, 0.717) is 11.6 Å². The Labute approximate surface area is 52.5 Å². The lowest BCUT2D eigenvalue weighted by atomic mass is 10.5. The van der Waals surface area contributed by atoms with Crippen molar-refractivity contribution in [2.24, 2.45) is 0 Å². The second-order valence-corrected chi connectivity index (χ2v) is 1.50. The molecule has 4 heteroatoms. The molecule has 9 heavy (non-hydrogen) atoms. The second kappa shape index (κ2) is 2.41. The number of hydrogen-bond donors (Lipinski definition) is 2. The molecule has 4 nitrogen and oxygen atoms in total. The molecule has 0 spiro atoms. The second-order valence-electron chi connectivity index (χ2n) is 1.50. The van der Waals surface area contributed by atoms with Crippen LogP contribution in [0.2, 0.25) is 0 Å². The van der Waals surface area contributed by atoms with Gasteiger partial charge < -0.3 is 10.2 Å². The zero-order valence-electron chi connectivity index (χ0n) is 5.05. The van der Waals surface area contributed by atoms with Crippen molar-refractivity contribution >= 4 is 11.6 Å². The molecule has 0 unspecified atom stereocenters. The molecule has 0 aliphatic rings. The molecule has 1 heterocycles. The van der Waals surface area contributed by atoms with E-state index in [1.54, 1.807) is 6.07 Å². The van der Waals surface area contributed by atoms with E-state index in [4.69, 9.17) is 10.2 Å². The van der Waals surface area contributed by atoms with E-state index in [1.807, 2.05) is 0 Å². The van der Waals surface area contributed by atoms with Gasteiger partial charge in [0.25, 0.3) is 0 Å². The van der Waals surface area contributed by atoms with Crippen molar-refractivity contribution in [3.05, 3.63) is 12.3 Å². The fourth-order valence-electron chi connectivity index (χ4n) is 0.515. The molecule has 0 fully saturated rings. The summed E-state index contributed by atoms with van der Waals surface area (Å²) in [5.41, 5.74) is 8.50. The summed E-state index contributed by atoms with van der Waals surface area (Å²) in [6.07, 6.45) is 1.48. The van der Waals surface area contributed by atoms with Gasteiger partial charge in [0.15, 0.2) is 0 Å². The minimum Gasteiger partial charge on any atom is -0.447 e. The molecule has 0 aromatic carbocycles. The summed E-state index contributed by atoms with van der Waals surface area (Å²) in [5.74, 6) is 0.330. The van der Waals surface area contributed by atoms with Crippen LogP contribution in [0.25, 0.3) is 0 Å². The monoisotopic (exact) mass is 128 g/mol. The van der Waals surface area contributed by atoms with E-state index in [1.165, 1.54) is 13.4 Å². The summed E-state index contributed by atoms with van der Waals surface area (Å²) in [5, 5.41) is 0. The van der Waals surface area contributed by atoms with E-state index in [0.717, 1.165) is 0 Å². The lowest BCUT2D eigenvalue weighted by Gasteiger charge is -1.97. The molecule has 0 aliphatic heterocycles. The van der Waals surface area contributed by atoms with Crippen LogP contribution in [0, 0.1) is 0 Å². The van der Waals surface area contributed by atoms with Crippen LogP contribution in [-0.2, 0) is 4.84 Å². The van der Waals surface area contributed by atoms with E-state index >= 15 is 0 Å². The average Bonchev–Trinajstić information content (AvgIpc) is 2.18. The predicted molar refractivity (Wildman–Crippen MR) is 33.8 cm³/mol. The van der Waals surface area contributed by atoms with Crippen LogP contribution in [0.4, 0.5) is 11.6 Å². The third-order valence-electron chi connectivity index (χ3n) is 0.907. The lowest BCUT2D eigenvalue weighted by molar-refractivity contribution is 0.271. The molecule has 1 aromatic rings. The highest BCUT2D eigenvalue weighted by Gasteiger charge is 1.97. The van der Waals surface area contributed by atoms with E-state index in [-0.39, 0.29) is 0 Å². The summed E-state index contributed by atoms with van der Waals surface area (Å²) >= 11 is 0. The van der Waals surface area contributed by atoms with Crippen molar-refractivity contribution in [1.82, 2.24) is 0 Å². The minimum atomic E-state index is 0.330. The number of nitrogens with two attached hydrogens (primary N) is 1. The summed E-state index contributed by atoms with van der Waals surface area (Å²) in [4.78, 5) is 4.58. The standard InChI is InChI=1S/C5H8N2O2/c1-8-7-4-2-3-9-5(4)6/h2-3,7H,6H2,1H3. The maximum atomic E-state index is 5.32. The Hall–Kier alpha value is -1.16. The first-order chi connectivity index (χ1) is 4.34. The molecular weight excluding hydrogens is 120 g/mol. The molecule has 3 N–H and O–H groups in total.